The Labute approximate surface area is 126 Å². The molecule has 1 aromatic rings. The number of hydrogen-bond acceptors (Lipinski definition) is 5. The molecule has 1 atom stereocenters. The lowest BCUT2D eigenvalue weighted by atomic mass is 10.2. The lowest BCUT2D eigenvalue weighted by Crippen LogP contribution is -2.42. The molecular weight excluding hydrogens is 268 g/mol. The number of nitrogens with two attached hydrogens (primary N) is 1. The highest BCUT2D eigenvalue weighted by molar-refractivity contribution is 5.46. The van der Waals surface area contributed by atoms with Gasteiger partial charge in [-0.2, -0.15) is 5.10 Å². The van der Waals surface area contributed by atoms with Crippen molar-refractivity contribution < 1.29 is 10.2 Å². The van der Waals surface area contributed by atoms with Crippen LogP contribution in [-0.4, -0.2) is 56.7 Å². The number of aryl methyl sites for hydroxylation is 1. The van der Waals surface area contributed by atoms with Crippen LogP contribution < -0.4 is 5.73 Å². The second-order valence-corrected chi connectivity index (χ2v) is 6.08. The summed E-state index contributed by atoms with van der Waals surface area (Å²) in [5, 5.41) is 24.0. The van der Waals surface area contributed by atoms with Crippen molar-refractivity contribution in [3.63, 3.8) is 0 Å². The van der Waals surface area contributed by atoms with Crippen LogP contribution in [0.3, 0.4) is 0 Å². The summed E-state index contributed by atoms with van der Waals surface area (Å²) >= 11 is 0. The van der Waals surface area contributed by atoms with E-state index in [9.17, 15) is 10.2 Å². The van der Waals surface area contributed by atoms with Crippen LogP contribution in [0.1, 0.15) is 37.1 Å². The number of nitrogens with zero attached hydrogens (tertiary/aromatic N) is 3. The topological polar surface area (TPSA) is 87.5 Å². The average molecular weight is 296 g/mol. The van der Waals surface area contributed by atoms with Gasteiger partial charge in [0.05, 0.1) is 36.3 Å². The largest absolute Gasteiger partial charge is 0.396 e. The summed E-state index contributed by atoms with van der Waals surface area (Å²) < 4.78 is 1.78. The van der Waals surface area contributed by atoms with Gasteiger partial charge in [0.2, 0.25) is 0 Å². The molecule has 1 saturated carbocycles. The Kier molecular flexibility index (Phi) is 5.61. The Balaban J connectivity index is 1.94. The van der Waals surface area contributed by atoms with Crippen LogP contribution in [0.25, 0.3) is 0 Å². The molecule has 1 aromatic heterocycles. The van der Waals surface area contributed by atoms with Crippen molar-refractivity contribution in [1.29, 1.82) is 0 Å². The monoisotopic (exact) mass is 296 g/mol. The molecule has 1 unspecified atom stereocenters. The minimum Gasteiger partial charge on any atom is -0.396 e. The Hall–Kier alpha value is -1.11. The molecule has 0 aromatic carbocycles. The number of hydrogen-bond donors (Lipinski definition) is 3. The maximum absolute atomic E-state index is 10.4. The summed E-state index contributed by atoms with van der Waals surface area (Å²) in [6.45, 7) is 5.57. The number of aromatic nitrogens is 2. The molecule has 0 bridgehead atoms. The first-order valence-electron chi connectivity index (χ1n) is 7.85. The first-order valence-corrected chi connectivity index (χ1v) is 7.85. The maximum atomic E-state index is 10.4. The fraction of sp³-hybridized carbons (Fsp3) is 0.800. The summed E-state index contributed by atoms with van der Waals surface area (Å²) in [6, 6.07) is 0.498. The molecule has 21 heavy (non-hydrogen) atoms. The number of nitrogen functional groups attached to an aromatic ring is 1. The molecule has 120 valence electrons. The van der Waals surface area contributed by atoms with E-state index in [0.717, 1.165) is 11.4 Å². The fourth-order valence-electron chi connectivity index (χ4n) is 3.24. The number of rotatable bonds is 7. The van der Waals surface area contributed by atoms with Crippen molar-refractivity contribution in [2.45, 2.75) is 58.2 Å². The van der Waals surface area contributed by atoms with Gasteiger partial charge in [-0.25, -0.2) is 0 Å². The molecular formula is C15H28N4O2. The van der Waals surface area contributed by atoms with E-state index in [1.807, 2.05) is 13.8 Å². The van der Waals surface area contributed by atoms with Crippen LogP contribution in [0.5, 0.6) is 0 Å². The van der Waals surface area contributed by atoms with E-state index in [4.69, 9.17) is 5.73 Å². The summed E-state index contributed by atoms with van der Waals surface area (Å²) in [5.41, 5.74) is 8.33. The van der Waals surface area contributed by atoms with Gasteiger partial charge in [0, 0.05) is 19.1 Å². The lowest BCUT2D eigenvalue weighted by molar-refractivity contribution is 0.0625. The van der Waals surface area contributed by atoms with Crippen molar-refractivity contribution in [3.05, 3.63) is 11.4 Å². The molecule has 1 aliphatic rings. The molecule has 0 radical (unpaired) electrons. The van der Waals surface area contributed by atoms with E-state index in [0.29, 0.717) is 31.4 Å². The quantitative estimate of drug-likeness (QED) is 0.689. The van der Waals surface area contributed by atoms with Crippen molar-refractivity contribution in [2.24, 2.45) is 0 Å². The predicted octanol–water partition coefficient (Wildman–Crippen LogP) is 0.680. The van der Waals surface area contributed by atoms with Crippen LogP contribution in [-0.2, 0) is 6.54 Å². The highest BCUT2D eigenvalue weighted by Crippen LogP contribution is 2.23. The normalized spacial score (nSPS) is 17.8. The van der Waals surface area contributed by atoms with Gasteiger partial charge in [-0.15, -0.1) is 0 Å². The molecule has 6 heteroatoms. The van der Waals surface area contributed by atoms with Gasteiger partial charge in [0.25, 0.3) is 0 Å². The predicted molar refractivity (Wildman–Crippen MR) is 83.0 cm³/mol. The molecule has 1 heterocycles. The fourth-order valence-corrected chi connectivity index (χ4v) is 3.24. The zero-order valence-electron chi connectivity index (χ0n) is 13.1. The van der Waals surface area contributed by atoms with E-state index in [1.54, 1.807) is 4.68 Å². The number of aliphatic hydroxyl groups excluding tert-OH is 2. The van der Waals surface area contributed by atoms with Crippen LogP contribution in [0, 0.1) is 13.8 Å². The second kappa shape index (κ2) is 7.24. The van der Waals surface area contributed by atoms with Crippen molar-refractivity contribution in [2.75, 3.05) is 25.4 Å². The number of anilines is 1. The molecule has 1 fully saturated rings. The Morgan fingerprint density at radius 1 is 1.38 bits per heavy atom. The van der Waals surface area contributed by atoms with Gasteiger partial charge >= 0.3 is 0 Å². The van der Waals surface area contributed by atoms with E-state index in [-0.39, 0.29) is 6.61 Å². The van der Waals surface area contributed by atoms with Gasteiger partial charge in [0.1, 0.15) is 0 Å². The minimum absolute atomic E-state index is 0.135. The zero-order valence-corrected chi connectivity index (χ0v) is 13.1. The summed E-state index contributed by atoms with van der Waals surface area (Å²) in [4.78, 5) is 2.21. The standard InChI is InChI=1S/C15H28N4O2/c1-11-15(16)12(2)19(17-11)10-14(21)9-18(7-8-20)13-5-3-4-6-13/h13-14,20-21H,3-10,16H2,1-2H3. The molecule has 1 aliphatic carbocycles. The maximum Gasteiger partial charge on any atom is 0.0862 e. The third kappa shape index (κ3) is 3.96. The van der Waals surface area contributed by atoms with Gasteiger partial charge in [0.15, 0.2) is 0 Å². The van der Waals surface area contributed by atoms with E-state index < -0.39 is 6.10 Å². The highest BCUT2D eigenvalue weighted by Gasteiger charge is 2.24. The van der Waals surface area contributed by atoms with Crippen molar-refractivity contribution in [1.82, 2.24) is 14.7 Å². The zero-order chi connectivity index (χ0) is 15.4. The smallest absolute Gasteiger partial charge is 0.0862 e. The van der Waals surface area contributed by atoms with Crippen LogP contribution in [0.4, 0.5) is 5.69 Å². The summed E-state index contributed by atoms with van der Waals surface area (Å²) in [6.07, 6.45) is 4.32. The number of aliphatic hydroxyl groups is 2. The Morgan fingerprint density at radius 3 is 2.57 bits per heavy atom. The highest BCUT2D eigenvalue weighted by atomic mass is 16.3. The molecule has 0 spiro atoms. The Morgan fingerprint density at radius 2 is 2.05 bits per heavy atom. The molecule has 0 amide bonds. The lowest BCUT2D eigenvalue weighted by Gasteiger charge is -2.30. The third-order valence-corrected chi connectivity index (χ3v) is 4.49. The first kappa shape index (κ1) is 16.3. The van der Waals surface area contributed by atoms with Gasteiger partial charge in [-0.3, -0.25) is 9.58 Å². The average Bonchev–Trinajstić information content (AvgIpc) is 3.05. The molecule has 6 nitrogen and oxygen atoms in total. The van der Waals surface area contributed by atoms with Crippen LogP contribution in [0.2, 0.25) is 0 Å². The SMILES string of the molecule is Cc1nn(CC(O)CN(CCO)C2CCCC2)c(C)c1N. The summed E-state index contributed by atoms with van der Waals surface area (Å²) in [7, 11) is 0. The molecule has 4 N–H and O–H groups in total. The second-order valence-electron chi connectivity index (χ2n) is 6.08. The van der Waals surface area contributed by atoms with Crippen LogP contribution in [0.15, 0.2) is 0 Å². The van der Waals surface area contributed by atoms with Crippen molar-refractivity contribution in [3.8, 4) is 0 Å². The van der Waals surface area contributed by atoms with Crippen molar-refractivity contribution >= 4 is 5.69 Å². The van der Waals surface area contributed by atoms with Gasteiger partial charge < -0.3 is 15.9 Å². The van der Waals surface area contributed by atoms with Crippen LogP contribution >= 0.6 is 0 Å². The molecule has 0 aliphatic heterocycles. The molecule has 0 saturated heterocycles. The Bertz CT molecular complexity index is 455. The molecule has 2 rings (SSSR count). The van der Waals surface area contributed by atoms with E-state index >= 15 is 0 Å². The van der Waals surface area contributed by atoms with Gasteiger partial charge in [-0.1, -0.05) is 12.8 Å². The first-order chi connectivity index (χ1) is 10.0. The van der Waals surface area contributed by atoms with E-state index in [1.165, 1.54) is 25.7 Å². The van der Waals surface area contributed by atoms with E-state index in [2.05, 4.69) is 10.00 Å². The third-order valence-electron chi connectivity index (χ3n) is 4.49. The minimum atomic E-state index is -0.505. The summed E-state index contributed by atoms with van der Waals surface area (Å²) in [5.74, 6) is 0. The van der Waals surface area contributed by atoms with Gasteiger partial charge in [-0.05, 0) is 26.7 Å².